The monoisotopic (exact) mass is 312 g/mol. The summed E-state index contributed by atoms with van der Waals surface area (Å²) in [6.07, 6.45) is 0.304. The van der Waals surface area contributed by atoms with E-state index >= 15 is 0 Å². The van der Waals surface area contributed by atoms with Crippen molar-refractivity contribution in [2.75, 3.05) is 6.54 Å². The fourth-order valence-corrected chi connectivity index (χ4v) is 2.23. The van der Waals surface area contributed by atoms with Crippen LogP contribution in [0, 0.1) is 0 Å². The highest BCUT2D eigenvalue weighted by atomic mass is 16.4. The molecule has 4 N–H and O–H groups in total. The molecule has 1 amide bonds. The number of carboxylic acid groups (broad SMARTS) is 1. The van der Waals surface area contributed by atoms with E-state index in [1.807, 2.05) is 54.6 Å². The van der Waals surface area contributed by atoms with Gasteiger partial charge in [-0.15, -0.1) is 0 Å². The van der Waals surface area contributed by atoms with Crippen molar-refractivity contribution in [1.82, 2.24) is 5.32 Å². The maximum Gasteiger partial charge on any atom is 0.305 e. The van der Waals surface area contributed by atoms with Crippen LogP contribution in [-0.2, 0) is 16.0 Å². The minimum Gasteiger partial charge on any atom is -0.481 e. The lowest BCUT2D eigenvalue weighted by Gasteiger charge is -2.12. The van der Waals surface area contributed by atoms with E-state index in [4.69, 9.17) is 10.8 Å². The van der Waals surface area contributed by atoms with Crippen molar-refractivity contribution in [3.8, 4) is 11.1 Å². The Morgan fingerprint density at radius 3 is 2.22 bits per heavy atom. The van der Waals surface area contributed by atoms with Crippen LogP contribution in [0.5, 0.6) is 0 Å². The third-order valence-corrected chi connectivity index (χ3v) is 3.49. The molecule has 0 saturated heterocycles. The van der Waals surface area contributed by atoms with Crippen molar-refractivity contribution >= 4 is 11.9 Å². The number of nitrogens with two attached hydrogens (primary N) is 1. The fourth-order valence-electron chi connectivity index (χ4n) is 2.23. The summed E-state index contributed by atoms with van der Waals surface area (Å²) < 4.78 is 0. The SMILES string of the molecule is NC(Cc1ccc(-c2ccccc2)cc1)C(=O)NCCC(=O)O. The lowest BCUT2D eigenvalue weighted by Crippen LogP contribution is -2.42. The third kappa shape index (κ3) is 5.23. The van der Waals surface area contributed by atoms with Crippen LogP contribution in [-0.4, -0.2) is 29.6 Å². The molecular weight excluding hydrogens is 292 g/mol. The number of aliphatic carboxylic acids is 1. The Labute approximate surface area is 135 Å². The van der Waals surface area contributed by atoms with Gasteiger partial charge in [0.25, 0.3) is 0 Å². The summed E-state index contributed by atoms with van der Waals surface area (Å²) in [6, 6.07) is 17.2. The second-order valence-electron chi connectivity index (χ2n) is 5.31. The molecule has 23 heavy (non-hydrogen) atoms. The number of benzene rings is 2. The Morgan fingerprint density at radius 2 is 1.61 bits per heavy atom. The summed E-state index contributed by atoms with van der Waals surface area (Å²) >= 11 is 0. The van der Waals surface area contributed by atoms with Crippen LogP contribution in [0.25, 0.3) is 11.1 Å². The molecule has 5 nitrogen and oxygen atoms in total. The second kappa shape index (κ2) is 8.10. The van der Waals surface area contributed by atoms with Gasteiger partial charge in [-0.2, -0.15) is 0 Å². The molecule has 120 valence electrons. The maximum absolute atomic E-state index is 11.8. The first-order chi connectivity index (χ1) is 11.1. The summed E-state index contributed by atoms with van der Waals surface area (Å²) in [5.74, 6) is -1.28. The highest BCUT2D eigenvalue weighted by Crippen LogP contribution is 2.19. The molecule has 0 heterocycles. The number of hydrogen-bond acceptors (Lipinski definition) is 3. The molecule has 0 bridgehead atoms. The lowest BCUT2D eigenvalue weighted by molar-refractivity contribution is -0.136. The van der Waals surface area contributed by atoms with E-state index in [0.29, 0.717) is 6.42 Å². The van der Waals surface area contributed by atoms with E-state index in [0.717, 1.165) is 16.7 Å². The van der Waals surface area contributed by atoms with Crippen molar-refractivity contribution in [1.29, 1.82) is 0 Å². The number of amides is 1. The number of hydrogen-bond donors (Lipinski definition) is 3. The molecule has 0 spiro atoms. The maximum atomic E-state index is 11.8. The van der Waals surface area contributed by atoms with Crippen molar-refractivity contribution in [3.63, 3.8) is 0 Å². The second-order valence-corrected chi connectivity index (χ2v) is 5.31. The number of carbonyl (C=O) groups is 2. The van der Waals surface area contributed by atoms with Crippen LogP contribution in [0.15, 0.2) is 54.6 Å². The van der Waals surface area contributed by atoms with Crippen LogP contribution in [0.4, 0.5) is 0 Å². The number of rotatable bonds is 7. The Morgan fingerprint density at radius 1 is 1.00 bits per heavy atom. The summed E-state index contributed by atoms with van der Waals surface area (Å²) in [7, 11) is 0. The Bertz CT molecular complexity index is 654. The van der Waals surface area contributed by atoms with Gasteiger partial charge in [-0.25, -0.2) is 0 Å². The summed E-state index contributed by atoms with van der Waals surface area (Å²) in [5, 5.41) is 11.1. The molecule has 0 aliphatic rings. The van der Waals surface area contributed by atoms with Gasteiger partial charge in [0.1, 0.15) is 0 Å². The molecule has 1 unspecified atom stereocenters. The van der Waals surface area contributed by atoms with E-state index < -0.39 is 12.0 Å². The Balaban J connectivity index is 1.90. The molecule has 0 fully saturated rings. The van der Waals surface area contributed by atoms with Gasteiger partial charge in [0.15, 0.2) is 0 Å². The Hall–Kier alpha value is -2.66. The quantitative estimate of drug-likeness (QED) is 0.727. The molecule has 2 rings (SSSR count). The molecule has 0 radical (unpaired) electrons. The van der Waals surface area contributed by atoms with Gasteiger partial charge in [0.2, 0.25) is 5.91 Å². The van der Waals surface area contributed by atoms with E-state index in [-0.39, 0.29) is 18.9 Å². The summed E-state index contributed by atoms with van der Waals surface area (Å²) in [4.78, 5) is 22.2. The zero-order valence-corrected chi connectivity index (χ0v) is 12.7. The molecule has 0 aliphatic carbocycles. The first-order valence-electron chi connectivity index (χ1n) is 7.45. The van der Waals surface area contributed by atoms with Gasteiger partial charge >= 0.3 is 5.97 Å². The van der Waals surface area contributed by atoms with Crippen LogP contribution in [0.3, 0.4) is 0 Å². The third-order valence-electron chi connectivity index (χ3n) is 3.49. The standard InChI is InChI=1S/C18H20N2O3/c19-16(18(23)20-11-10-17(21)22)12-13-6-8-15(9-7-13)14-4-2-1-3-5-14/h1-9,16H,10-12,19H2,(H,20,23)(H,21,22). The Kier molecular flexibility index (Phi) is 5.88. The summed E-state index contributed by atoms with van der Waals surface area (Å²) in [5.41, 5.74) is 9.06. The topological polar surface area (TPSA) is 92.4 Å². The summed E-state index contributed by atoms with van der Waals surface area (Å²) in [6.45, 7) is 0.0921. The number of nitrogens with one attached hydrogen (secondary N) is 1. The first-order valence-corrected chi connectivity index (χ1v) is 7.45. The van der Waals surface area contributed by atoms with E-state index in [9.17, 15) is 9.59 Å². The molecule has 2 aromatic carbocycles. The molecule has 1 atom stereocenters. The van der Waals surface area contributed by atoms with Crippen LogP contribution in [0.2, 0.25) is 0 Å². The van der Waals surface area contributed by atoms with Gasteiger partial charge in [-0.05, 0) is 23.1 Å². The smallest absolute Gasteiger partial charge is 0.305 e. The van der Waals surface area contributed by atoms with Gasteiger partial charge in [0.05, 0.1) is 12.5 Å². The first kappa shape index (κ1) is 16.7. The highest BCUT2D eigenvalue weighted by Gasteiger charge is 2.14. The van der Waals surface area contributed by atoms with Crippen LogP contribution >= 0.6 is 0 Å². The predicted octanol–water partition coefficient (Wildman–Crippen LogP) is 1.81. The normalized spacial score (nSPS) is 11.7. The van der Waals surface area contributed by atoms with Crippen LogP contribution in [0.1, 0.15) is 12.0 Å². The van der Waals surface area contributed by atoms with Crippen molar-refractivity contribution in [3.05, 3.63) is 60.2 Å². The zero-order valence-electron chi connectivity index (χ0n) is 12.7. The van der Waals surface area contributed by atoms with Crippen molar-refractivity contribution in [2.24, 2.45) is 5.73 Å². The van der Waals surface area contributed by atoms with Crippen molar-refractivity contribution < 1.29 is 14.7 Å². The van der Waals surface area contributed by atoms with E-state index in [2.05, 4.69) is 5.32 Å². The molecule has 5 heteroatoms. The highest BCUT2D eigenvalue weighted by molar-refractivity contribution is 5.82. The molecular formula is C18H20N2O3. The molecule has 0 aromatic heterocycles. The minimum absolute atomic E-state index is 0.0921. The zero-order chi connectivity index (χ0) is 16.7. The van der Waals surface area contributed by atoms with Gasteiger partial charge < -0.3 is 16.2 Å². The van der Waals surface area contributed by atoms with Crippen molar-refractivity contribution in [2.45, 2.75) is 18.9 Å². The van der Waals surface area contributed by atoms with Gasteiger partial charge in [-0.3, -0.25) is 9.59 Å². The molecule has 2 aromatic rings. The molecule has 0 saturated carbocycles. The average Bonchev–Trinajstić information content (AvgIpc) is 2.56. The predicted molar refractivity (Wildman–Crippen MR) is 88.8 cm³/mol. The minimum atomic E-state index is -0.949. The average molecular weight is 312 g/mol. The fraction of sp³-hybridized carbons (Fsp3) is 0.222. The lowest BCUT2D eigenvalue weighted by atomic mass is 10.0. The largest absolute Gasteiger partial charge is 0.481 e. The van der Waals surface area contributed by atoms with Crippen LogP contribution < -0.4 is 11.1 Å². The molecule has 0 aliphatic heterocycles. The van der Waals surface area contributed by atoms with Gasteiger partial charge in [-0.1, -0.05) is 54.6 Å². The van der Waals surface area contributed by atoms with Gasteiger partial charge in [0, 0.05) is 6.54 Å². The number of carboxylic acids is 1. The van der Waals surface area contributed by atoms with E-state index in [1.54, 1.807) is 0 Å². The number of carbonyl (C=O) groups excluding carboxylic acids is 1. The van der Waals surface area contributed by atoms with E-state index in [1.165, 1.54) is 0 Å².